The summed E-state index contributed by atoms with van der Waals surface area (Å²) in [7, 11) is 0. The van der Waals surface area contributed by atoms with Crippen LogP contribution in [0.1, 0.15) is 27.2 Å². The van der Waals surface area contributed by atoms with Gasteiger partial charge in [0.1, 0.15) is 5.69 Å². The van der Waals surface area contributed by atoms with Gasteiger partial charge in [-0.05, 0) is 32.9 Å². The summed E-state index contributed by atoms with van der Waals surface area (Å²) in [6.45, 7) is 6.70. The summed E-state index contributed by atoms with van der Waals surface area (Å²) in [6.07, 6.45) is 1.87. The molecule has 0 spiro atoms. The fourth-order valence-corrected chi connectivity index (χ4v) is 2.38. The number of rotatable bonds is 5. The molecule has 1 aromatic rings. The number of amides is 2. The Bertz CT molecular complexity index is 531. The highest BCUT2D eigenvalue weighted by Crippen LogP contribution is 2.25. The Balaban J connectivity index is 2.04. The Morgan fingerprint density at radius 3 is 2.95 bits per heavy atom. The van der Waals surface area contributed by atoms with Gasteiger partial charge in [-0.3, -0.25) is 9.59 Å². The van der Waals surface area contributed by atoms with E-state index in [1.807, 2.05) is 20.8 Å². The van der Waals surface area contributed by atoms with Crippen LogP contribution in [0.4, 0.5) is 5.69 Å². The molecule has 2 heterocycles. The molecule has 1 aliphatic rings. The molecule has 0 aromatic carbocycles. The molecule has 21 heavy (non-hydrogen) atoms. The Hall–Kier alpha value is -2.11. The monoisotopic (exact) mass is 291 g/mol. The van der Waals surface area contributed by atoms with Crippen LogP contribution in [0.25, 0.3) is 0 Å². The van der Waals surface area contributed by atoms with Crippen molar-refractivity contribution >= 4 is 17.5 Å². The van der Waals surface area contributed by atoms with Crippen molar-refractivity contribution in [1.29, 1.82) is 0 Å². The normalized spacial score (nSPS) is 18.2. The van der Waals surface area contributed by atoms with E-state index < -0.39 is 0 Å². The second kappa shape index (κ2) is 6.56. The van der Waals surface area contributed by atoms with Gasteiger partial charge in [0, 0.05) is 25.2 Å². The summed E-state index contributed by atoms with van der Waals surface area (Å²) in [5.41, 5.74) is 0.541. The van der Waals surface area contributed by atoms with Crippen molar-refractivity contribution < 1.29 is 14.3 Å². The number of likely N-dealkylation sites (tertiary alicyclic amines) is 1. The number of ether oxygens (including phenoxy) is 1. The topological polar surface area (TPSA) is 71.5 Å². The summed E-state index contributed by atoms with van der Waals surface area (Å²) in [5.74, 6) is -0.0604. The van der Waals surface area contributed by atoms with Gasteiger partial charge in [0.05, 0.1) is 12.5 Å². The summed E-state index contributed by atoms with van der Waals surface area (Å²) < 4.78 is 5.38. The molecule has 1 N–H and O–H groups in total. The maximum absolute atomic E-state index is 12.3. The van der Waals surface area contributed by atoms with Crippen LogP contribution in [0.5, 0.6) is 5.88 Å². The molecule has 0 bridgehead atoms. The highest BCUT2D eigenvalue weighted by Gasteiger charge is 2.35. The van der Waals surface area contributed by atoms with Gasteiger partial charge in [0.2, 0.25) is 17.7 Å². The fourth-order valence-electron chi connectivity index (χ4n) is 2.38. The third kappa shape index (κ3) is 3.51. The number of nitrogens with zero attached hydrogens (tertiary/aromatic N) is 2. The minimum Gasteiger partial charge on any atom is -0.476 e. The summed E-state index contributed by atoms with van der Waals surface area (Å²) >= 11 is 0. The second-order valence-corrected chi connectivity index (χ2v) is 5.32. The number of anilines is 1. The van der Waals surface area contributed by atoms with Crippen LogP contribution < -0.4 is 10.1 Å². The van der Waals surface area contributed by atoms with Crippen LogP contribution in [0.3, 0.4) is 0 Å². The van der Waals surface area contributed by atoms with E-state index in [1.54, 1.807) is 23.2 Å². The molecule has 2 amide bonds. The Morgan fingerprint density at radius 1 is 1.57 bits per heavy atom. The molecule has 1 atom stereocenters. The van der Waals surface area contributed by atoms with Gasteiger partial charge in [-0.1, -0.05) is 0 Å². The largest absolute Gasteiger partial charge is 0.476 e. The van der Waals surface area contributed by atoms with E-state index >= 15 is 0 Å². The van der Waals surface area contributed by atoms with E-state index in [0.717, 1.165) is 0 Å². The summed E-state index contributed by atoms with van der Waals surface area (Å²) in [4.78, 5) is 30.0. The first-order valence-corrected chi connectivity index (χ1v) is 7.21. The van der Waals surface area contributed by atoms with Gasteiger partial charge in [0.15, 0.2) is 0 Å². The lowest BCUT2D eigenvalue weighted by atomic mass is 10.1. The summed E-state index contributed by atoms with van der Waals surface area (Å²) in [5, 5.41) is 2.81. The lowest BCUT2D eigenvalue weighted by molar-refractivity contribution is -0.129. The van der Waals surface area contributed by atoms with Crippen molar-refractivity contribution in [3.05, 3.63) is 18.3 Å². The smallest absolute Gasteiger partial charge is 0.237 e. The van der Waals surface area contributed by atoms with Crippen molar-refractivity contribution in [2.75, 3.05) is 18.5 Å². The first-order chi connectivity index (χ1) is 10.0. The van der Waals surface area contributed by atoms with E-state index in [9.17, 15) is 9.59 Å². The number of carbonyl (C=O) groups is 2. The number of hydrogen-bond donors (Lipinski definition) is 1. The number of carbonyl (C=O) groups excluding carboxylic acids is 2. The average Bonchev–Trinajstić information content (AvgIpc) is 2.83. The fraction of sp³-hybridized carbons (Fsp3) is 0.533. The van der Waals surface area contributed by atoms with Crippen LogP contribution in [-0.4, -0.2) is 40.9 Å². The zero-order valence-corrected chi connectivity index (χ0v) is 12.6. The first-order valence-electron chi connectivity index (χ1n) is 7.21. The molecule has 1 aliphatic heterocycles. The van der Waals surface area contributed by atoms with Crippen molar-refractivity contribution in [2.45, 2.75) is 33.2 Å². The molecule has 1 saturated heterocycles. The molecule has 1 aromatic heterocycles. The third-order valence-corrected chi connectivity index (χ3v) is 3.46. The third-order valence-electron chi connectivity index (χ3n) is 3.46. The summed E-state index contributed by atoms with van der Waals surface area (Å²) in [6, 6.07) is 3.60. The van der Waals surface area contributed by atoms with E-state index in [1.165, 1.54) is 0 Å². The van der Waals surface area contributed by atoms with Gasteiger partial charge in [-0.25, -0.2) is 4.98 Å². The quantitative estimate of drug-likeness (QED) is 0.896. The number of nitrogens with one attached hydrogen (secondary N) is 1. The van der Waals surface area contributed by atoms with Crippen LogP contribution in [0.15, 0.2) is 18.3 Å². The van der Waals surface area contributed by atoms with E-state index in [2.05, 4.69) is 10.3 Å². The van der Waals surface area contributed by atoms with Crippen LogP contribution in [0, 0.1) is 5.92 Å². The second-order valence-electron chi connectivity index (χ2n) is 5.32. The number of pyridine rings is 1. The van der Waals surface area contributed by atoms with Crippen molar-refractivity contribution in [3.63, 3.8) is 0 Å². The zero-order chi connectivity index (χ0) is 15.4. The number of aromatic nitrogens is 1. The first kappa shape index (κ1) is 15.3. The van der Waals surface area contributed by atoms with E-state index in [0.29, 0.717) is 24.7 Å². The molecule has 6 nitrogen and oxygen atoms in total. The van der Waals surface area contributed by atoms with Gasteiger partial charge in [-0.15, -0.1) is 0 Å². The maximum Gasteiger partial charge on any atom is 0.237 e. The zero-order valence-electron chi connectivity index (χ0n) is 12.6. The Kier molecular flexibility index (Phi) is 4.77. The van der Waals surface area contributed by atoms with Gasteiger partial charge >= 0.3 is 0 Å². The van der Waals surface area contributed by atoms with Crippen molar-refractivity contribution in [3.8, 4) is 5.88 Å². The number of hydrogen-bond acceptors (Lipinski definition) is 4. The molecule has 0 unspecified atom stereocenters. The lowest BCUT2D eigenvalue weighted by Crippen LogP contribution is -2.33. The van der Waals surface area contributed by atoms with Gasteiger partial charge in [0.25, 0.3) is 0 Å². The molecule has 114 valence electrons. The minimum absolute atomic E-state index is 0.0290. The molecule has 1 fully saturated rings. The molecule has 6 heteroatoms. The lowest BCUT2D eigenvalue weighted by Gasteiger charge is -2.20. The standard InChI is InChI=1S/C15H21N3O3/c1-4-21-15-12(6-5-7-16-15)17-14(20)11-8-13(19)18(9-11)10(2)3/h5-7,10-11H,4,8-9H2,1-3H3,(H,17,20)/t11-/m0/s1. The van der Waals surface area contributed by atoms with Crippen molar-refractivity contribution in [1.82, 2.24) is 9.88 Å². The Labute approximate surface area is 124 Å². The highest BCUT2D eigenvalue weighted by molar-refractivity contribution is 5.97. The molecule has 0 aliphatic carbocycles. The predicted molar refractivity (Wildman–Crippen MR) is 79.0 cm³/mol. The Morgan fingerprint density at radius 2 is 2.33 bits per heavy atom. The van der Waals surface area contributed by atoms with Crippen LogP contribution >= 0.6 is 0 Å². The van der Waals surface area contributed by atoms with E-state index in [-0.39, 0.29) is 30.2 Å². The highest BCUT2D eigenvalue weighted by atomic mass is 16.5. The molecule has 2 rings (SSSR count). The van der Waals surface area contributed by atoms with Crippen molar-refractivity contribution in [2.24, 2.45) is 5.92 Å². The molecular weight excluding hydrogens is 270 g/mol. The minimum atomic E-state index is -0.324. The van der Waals surface area contributed by atoms with Crippen LogP contribution in [0.2, 0.25) is 0 Å². The average molecular weight is 291 g/mol. The maximum atomic E-state index is 12.3. The SMILES string of the molecule is CCOc1ncccc1NC(=O)[C@H]1CC(=O)N(C(C)C)C1. The van der Waals surface area contributed by atoms with Gasteiger partial charge < -0.3 is 15.0 Å². The predicted octanol–water partition coefficient (Wildman–Crippen LogP) is 1.68. The van der Waals surface area contributed by atoms with Gasteiger partial charge in [-0.2, -0.15) is 0 Å². The van der Waals surface area contributed by atoms with Crippen LogP contribution in [-0.2, 0) is 9.59 Å². The molecular formula is C15H21N3O3. The molecule has 0 radical (unpaired) electrons. The van der Waals surface area contributed by atoms with E-state index in [4.69, 9.17) is 4.74 Å². The molecule has 0 saturated carbocycles.